The number of nitrogens with zero attached hydrogens (tertiary/aromatic N) is 4. The summed E-state index contributed by atoms with van der Waals surface area (Å²) in [6.45, 7) is 15.4. The minimum atomic E-state index is -0.494. The molecule has 1 saturated heterocycles. The Bertz CT molecular complexity index is 880. The lowest BCUT2D eigenvalue weighted by atomic mass is 10.1. The zero-order chi connectivity index (χ0) is 24.1. The van der Waals surface area contributed by atoms with Crippen LogP contribution in [0.2, 0.25) is 0 Å². The third kappa shape index (κ3) is 7.94. The molecule has 0 unspecified atom stereocenters. The second kappa shape index (κ2) is 13.7. The molecule has 0 spiro atoms. The van der Waals surface area contributed by atoms with Gasteiger partial charge in [0, 0.05) is 44.4 Å². The molecule has 0 bridgehead atoms. The van der Waals surface area contributed by atoms with Gasteiger partial charge in [-0.1, -0.05) is 25.8 Å². The quantitative estimate of drug-likeness (QED) is 0.374. The monoisotopic (exact) mass is 441 g/mol. The molecule has 8 heteroatoms. The van der Waals surface area contributed by atoms with Crippen molar-refractivity contribution in [2.24, 2.45) is 0 Å². The maximum Gasteiger partial charge on any atom is 0.223 e. The second-order valence-electron chi connectivity index (χ2n) is 7.00. The molecule has 1 fully saturated rings. The van der Waals surface area contributed by atoms with Crippen LogP contribution in [0.4, 0.5) is 10.3 Å². The van der Waals surface area contributed by atoms with Gasteiger partial charge in [0.05, 0.1) is 6.20 Å². The van der Waals surface area contributed by atoms with Crippen molar-refractivity contribution in [2.45, 2.75) is 32.7 Å². The summed E-state index contributed by atoms with van der Waals surface area (Å²) in [5, 5.41) is 3.27. The van der Waals surface area contributed by atoms with E-state index in [9.17, 15) is 9.18 Å². The van der Waals surface area contributed by atoms with Crippen LogP contribution in [-0.2, 0) is 9.59 Å². The van der Waals surface area contributed by atoms with Crippen LogP contribution in [0.5, 0.6) is 0 Å². The molecule has 7 nitrogen and oxygen atoms in total. The Morgan fingerprint density at radius 3 is 2.41 bits per heavy atom. The third-order valence-electron chi connectivity index (χ3n) is 4.89. The zero-order valence-electron chi connectivity index (χ0n) is 19.1. The summed E-state index contributed by atoms with van der Waals surface area (Å²) < 4.78 is 14.4. The molecular weight excluding hydrogens is 409 g/mol. The van der Waals surface area contributed by atoms with Crippen molar-refractivity contribution in [1.29, 1.82) is 0 Å². The summed E-state index contributed by atoms with van der Waals surface area (Å²) >= 11 is 0. The van der Waals surface area contributed by atoms with E-state index in [2.05, 4.69) is 35.0 Å². The highest BCUT2D eigenvalue weighted by Gasteiger charge is 2.21. The molecule has 0 atom stereocenters. The van der Waals surface area contributed by atoms with Gasteiger partial charge in [0.2, 0.25) is 11.9 Å². The highest BCUT2D eigenvalue weighted by atomic mass is 19.1. The van der Waals surface area contributed by atoms with E-state index in [1.54, 1.807) is 36.3 Å². The summed E-state index contributed by atoms with van der Waals surface area (Å²) in [6, 6.07) is 0.147. The van der Waals surface area contributed by atoms with E-state index in [0.29, 0.717) is 30.9 Å². The van der Waals surface area contributed by atoms with Crippen molar-refractivity contribution in [1.82, 2.24) is 19.8 Å². The summed E-state index contributed by atoms with van der Waals surface area (Å²) in [4.78, 5) is 32.6. The first-order valence-corrected chi connectivity index (χ1v) is 10.3. The first-order chi connectivity index (χ1) is 15.3. The molecule has 0 saturated carbocycles. The number of likely N-dealkylation sites (N-methyl/N-ethyl adjacent to an activating group) is 1. The summed E-state index contributed by atoms with van der Waals surface area (Å²) in [5.41, 5.74) is 1.61. The standard InChI is InChI=1S/C21H28FN5O.C3H4O/c1-6-16(13-18(7-2)26(5)8-3)20-19(22)14-23-21(25-20)24-17-9-11-27(12-10-17)15(4)28;1-2-3-4/h6-8,13-14,17H,2-3,9-12H2,1,4-5H3,(H,23,24,25);2-3H,1H2/b16-6+,18-13+;. The van der Waals surface area contributed by atoms with Gasteiger partial charge >= 0.3 is 0 Å². The molecule has 2 rings (SSSR count). The fraction of sp³-hybridized carbons (Fsp3) is 0.333. The first-order valence-electron chi connectivity index (χ1n) is 10.3. The van der Waals surface area contributed by atoms with Crippen molar-refractivity contribution in [3.05, 3.63) is 73.6 Å². The van der Waals surface area contributed by atoms with Gasteiger partial charge in [0.1, 0.15) is 12.0 Å². The van der Waals surface area contributed by atoms with E-state index < -0.39 is 5.82 Å². The van der Waals surface area contributed by atoms with Crippen LogP contribution < -0.4 is 5.32 Å². The Kier molecular flexibility index (Phi) is 11.3. The summed E-state index contributed by atoms with van der Waals surface area (Å²) in [6.07, 6.45) is 11.5. The molecular formula is C24H32FN5O2. The summed E-state index contributed by atoms with van der Waals surface area (Å²) in [5.74, 6) is -0.0283. The van der Waals surface area contributed by atoms with Crippen molar-refractivity contribution in [2.75, 3.05) is 25.5 Å². The number of piperidine rings is 1. The average Bonchev–Trinajstić information content (AvgIpc) is 2.81. The van der Waals surface area contributed by atoms with Crippen molar-refractivity contribution < 1.29 is 14.0 Å². The van der Waals surface area contributed by atoms with Crippen LogP contribution in [0, 0.1) is 5.82 Å². The van der Waals surface area contributed by atoms with Gasteiger partial charge < -0.3 is 15.1 Å². The van der Waals surface area contributed by atoms with E-state index in [0.717, 1.165) is 18.5 Å². The molecule has 1 aromatic heterocycles. The predicted molar refractivity (Wildman–Crippen MR) is 127 cm³/mol. The Morgan fingerprint density at radius 1 is 1.31 bits per heavy atom. The van der Waals surface area contributed by atoms with E-state index in [-0.39, 0.29) is 17.6 Å². The number of allylic oxidation sites excluding steroid dienone is 5. The van der Waals surface area contributed by atoms with Gasteiger partial charge in [0.15, 0.2) is 5.82 Å². The van der Waals surface area contributed by atoms with Crippen LogP contribution >= 0.6 is 0 Å². The van der Waals surface area contributed by atoms with Crippen LogP contribution in [0.15, 0.2) is 62.1 Å². The molecule has 1 N–H and O–H groups in total. The maximum atomic E-state index is 14.4. The minimum absolute atomic E-state index is 0.0887. The van der Waals surface area contributed by atoms with Gasteiger partial charge in [-0.05, 0) is 44.2 Å². The van der Waals surface area contributed by atoms with Gasteiger partial charge in [-0.2, -0.15) is 0 Å². The van der Waals surface area contributed by atoms with Gasteiger partial charge in [0.25, 0.3) is 0 Å². The highest BCUT2D eigenvalue weighted by Crippen LogP contribution is 2.22. The lowest BCUT2D eigenvalue weighted by Crippen LogP contribution is -2.41. The van der Waals surface area contributed by atoms with Crippen molar-refractivity contribution in [3.63, 3.8) is 0 Å². The number of hydrogen-bond acceptors (Lipinski definition) is 6. The van der Waals surface area contributed by atoms with Gasteiger partial charge in [-0.15, -0.1) is 0 Å². The van der Waals surface area contributed by atoms with E-state index in [1.165, 1.54) is 12.3 Å². The number of likely N-dealkylation sites (tertiary alicyclic amines) is 1. The summed E-state index contributed by atoms with van der Waals surface area (Å²) in [7, 11) is 1.84. The number of nitrogens with one attached hydrogen (secondary N) is 1. The maximum absolute atomic E-state index is 14.4. The van der Waals surface area contributed by atoms with E-state index >= 15 is 0 Å². The lowest BCUT2D eigenvalue weighted by molar-refractivity contribution is -0.129. The molecule has 0 aliphatic carbocycles. The highest BCUT2D eigenvalue weighted by molar-refractivity contribution is 5.74. The molecule has 1 aromatic rings. The largest absolute Gasteiger partial charge is 0.352 e. The Labute approximate surface area is 189 Å². The second-order valence-corrected chi connectivity index (χ2v) is 7.00. The van der Waals surface area contributed by atoms with Crippen LogP contribution in [0.25, 0.3) is 5.57 Å². The SMILES string of the molecule is C=C/C(=C\C(=C/C)c1nc(NC2CCN(C(C)=O)CC2)ncc1F)N(C)C=C.C=CC=O. The number of amides is 1. The van der Waals surface area contributed by atoms with E-state index in [1.807, 2.05) is 18.9 Å². The fourth-order valence-electron chi connectivity index (χ4n) is 3.02. The third-order valence-corrected chi connectivity index (χ3v) is 4.89. The van der Waals surface area contributed by atoms with E-state index in [4.69, 9.17) is 4.79 Å². The predicted octanol–water partition coefficient (Wildman–Crippen LogP) is 3.96. The molecule has 0 radical (unpaired) electrons. The first kappa shape index (κ1) is 26.5. The molecule has 0 aromatic carbocycles. The normalized spacial score (nSPS) is 14.6. The Morgan fingerprint density at radius 2 is 1.94 bits per heavy atom. The smallest absolute Gasteiger partial charge is 0.223 e. The lowest BCUT2D eigenvalue weighted by Gasteiger charge is -2.31. The Hall–Kier alpha value is -3.55. The van der Waals surface area contributed by atoms with Gasteiger partial charge in [-0.3, -0.25) is 9.59 Å². The van der Waals surface area contributed by atoms with Gasteiger partial charge in [-0.25, -0.2) is 14.4 Å². The fourth-order valence-corrected chi connectivity index (χ4v) is 3.02. The number of rotatable bonds is 8. The van der Waals surface area contributed by atoms with Crippen LogP contribution in [0.1, 0.15) is 32.4 Å². The number of carbonyl (C=O) groups excluding carboxylic acids is 2. The Balaban J connectivity index is 0.00000118. The minimum Gasteiger partial charge on any atom is -0.352 e. The van der Waals surface area contributed by atoms with Crippen molar-refractivity contribution >= 4 is 23.7 Å². The molecule has 1 aliphatic heterocycles. The molecule has 32 heavy (non-hydrogen) atoms. The number of hydrogen-bond donors (Lipinski definition) is 1. The molecule has 172 valence electrons. The number of aromatic nitrogens is 2. The molecule has 2 heterocycles. The zero-order valence-corrected chi connectivity index (χ0v) is 19.1. The average molecular weight is 442 g/mol. The van der Waals surface area contributed by atoms with Crippen LogP contribution in [-0.4, -0.2) is 58.1 Å². The van der Waals surface area contributed by atoms with Crippen LogP contribution in [0.3, 0.4) is 0 Å². The topological polar surface area (TPSA) is 78.4 Å². The number of carbonyl (C=O) groups is 2. The number of anilines is 1. The number of halogens is 1. The number of aldehydes is 1. The molecule has 1 aliphatic rings. The van der Waals surface area contributed by atoms with Crippen molar-refractivity contribution in [3.8, 4) is 0 Å². The molecule has 1 amide bonds.